The summed E-state index contributed by atoms with van der Waals surface area (Å²) in [6, 6.07) is 9.75. The van der Waals surface area contributed by atoms with Crippen LogP contribution in [0, 0.1) is 6.92 Å². The number of thioether (sulfide) groups is 1. The van der Waals surface area contributed by atoms with Crippen molar-refractivity contribution in [2.75, 3.05) is 18.8 Å². The molecule has 0 aliphatic carbocycles. The molecule has 1 aromatic carbocycles. The smallest absolute Gasteiger partial charge is 0.324 e. The summed E-state index contributed by atoms with van der Waals surface area (Å²) in [5.41, 5.74) is 2.15. The normalized spacial score (nSPS) is 14.8. The molecule has 1 saturated heterocycles. The van der Waals surface area contributed by atoms with Gasteiger partial charge in [0.15, 0.2) is 0 Å². The van der Waals surface area contributed by atoms with E-state index in [4.69, 9.17) is 0 Å². The fraction of sp³-hybridized carbons (Fsp3) is 0.267. The lowest BCUT2D eigenvalue weighted by Gasteiger charge is -2.12. The molecule has 0 spiro atoms. The van der Waals surface area contributed by atoms with Crippen molar-refractivity contribution in [1.29, 1.82) is 0 Å². The first-order chi connectivity index (χ1) is 10.1. The molecule has 2 aromatic rings. The van der Waals surface area contributed by atoms with E-state index in [-0.39, 0.29) is 18.5 Å². The number of hydrogen-bond acceptors (Lipinski definition) is 4. The summed E-state index contributed by atoms with van der Waals surface area (Å²) >= 11 is 1.56. The number of benzene rings is 1. The molecule has 0 saturated carbocycles. The third kappa shape index (κ3) is 2.85. The second kappa shape index (κ2) is 5.73. The van der Waals surface area contributed by atoms with E-state index in [0.29, 0.717) is 12.3 Å². The van der Waals surface area contributed by atoms with E-state index in [1.807, 2.05) is 24.3 Å². The van der Waals surface area contributed by atoms with E-state index in [9.17, 15) is 9.59 Å². The topological polar surface area (TPSA) is 62.3 Å². The molecule has 0 atom stereocenters. The Kier molecular flexibility index (Phi) is 3.79. The average molecular weight is 301 g/mol. The molecule has 0 unspecified atom stereocenters. The van der Waals surface area contributed by atoms with E-state index in [1.54, 1.807) is 11.8 Å². The summed E-state index contributed by atoms with van der Waals surface area (Å²) in [6.45, 7) is 2.57. The molecule has 6 heteroatoms. The molecule has 1 aromatic heterocycles. The maximum absolute atomic E-state index is 11.5. The van der Waals surface area contributed by atoms with E-state index in [0.717, 1.165) is 15.9 Å². The van der Waals surface area contributed by atoms with E-state index < -0.39 is 0 Å². The number of nitrogens with zero attached hydrogens (tertiary/aromatic N) is 2. The Morgan fingerprint density at radius 1 is 1.33 bits per heavy atom. The van der Waals surface area contributed by atoms with Crippen molar-refractivity contribution in [2.24, 2.45) is 0 Å². The van der Waals surface area contributed by atoms with E-state index in [1.165, 1.54) is 10.5 Å². The Labute approximate surface area is 126 Å². The Morgan fingerprint density at radius 3 is 2.90 bits per heavy atom. The number of aromatic nitrogens is 1. The van der Waals surface area contributed by atoms with Crippen LogP contribution in [0.1, 0.15) is 5.56 Å². The van der Waals surface area contributed by atoms with Crippen molar-refractivity contribution in [1.82, 2.24) is 15.2 Å². The van der Waals surface area contributed by atoms with E-state index >= 15 is 0 Å². The van der Waals surface area contributed by atoms with Crippen molar-refractivity contribution in [3.8, 4) is 0 Å². The number of pyridine rings is 1. The first-order valence-electron chi connectivity index (χ1n) is 6.72. The lowest BCUT2D eigenvalue weighted by atomic mass is 10.1. The van der Waals surface area contributed by atoms with Crippen LogP contribution in [0.15, 0.2) is 35.4 Å². The highest BCUT2D eigenvalue weighted by atomic mass is 32.2. The molecule has 108 valence electrons. The maximum Gasteiger partial charge on any atom is 0.324 e. The second-order valence-corrected chi connectivity index (χ2v) is 5.96. The van der Waals surface area contributed by atoms with Crippen molar-refractivity contribution in [3.63, 3.8) is 0 Å². The minimum Gasteiger partial charge on any atom is -0.329 e. The highest BCUT2D eigenvalue weighted by Gasteiger charge is 2.27. The molecule has 21 heavy (non-hydrogen) atoms. The fourth-order valence-corrected chi connectivity index (χ4v) is 3.22. The van der Waals surface area contributed by atoms with Crippen LogP contribution in [-0.4, -0.2) is 40.7 Å². The van der Waals surface area contributed by atoms with Crippen LogP contribution >= 0.6 is 11.8 Å². The third-order valence-electron chi connectivity index (χ3n) is 3.40. The number of carbonyl (C=O) groups is 2. The first kappa shape index (κ1) is 13.9. The maximum atomic E-state index is 11.5. The molecule has 0 bridgehead atoms. The Bertz CT molecular complexity index is 701. The Hall–Kier alpha value is -2.08. The van der Waals surface area contributed by atoms with Crippen LogP contribution in [-0.2, 0) is 4.79 Å². The van der Waals surface area contributed by atoms with Gasteiger partial charge in [0.2, 0.25) is 5.91 Å². The van der Waals surface area contributed by atoms with Crippen LogP contribution in [0.2, 0.25) is 0 Å². The predicted octanol–water partition coefficient (Wildman–Crippen LogP) is 2.19. The number of fused-ring (bicyclic) bond motifs is 1. The van der Waals surface area contributed by atoms with Crippen molar-refractivity contribution < 1.29 is 9.59 Å². The number of nitrogens with one attached hydrogen (secondary N) is 1. The zero-order valence-electron chi connectivity index (χ0n) is 11.6. The summed E-state index contributed by atoms with van der Waals surface area (Å²) < 4.78 is 0. The monoisotopic (exact) mass is 301 g/mol. The van der Waals surface area contributed by atoms with Gasteiger partial charge in [-0.3, -0.25) is 9.69 Å². The van der Waals surface area contributed by atoms with Gasteiger partial charge in [0.05, 0.1) is 17.1 Å². The van der Waals surface area contributed by atoms with Gasteiger partial charge < -0.3 is 5.32 Å². The highest BCUT2D eigenvalue weighted by molar-refractivity contribution is 7.99. The number of rotatable bonds is 4. The third-order valence-corrected chi connectivity index (χ3v) is 4.29. The molecular weight excluding hydrogens is 286 g/mol. The summed E-state index contributed by atoms with van der Waals surface area (Å²) in [5, 5.41) is 4.58. The van der Waals surface area contributed by atoms with E-state index in [2.05, 4.69) is 23.3 Å². The standard InChI is InChI=1S/C15H15N3O2S/c1-10-8-13(17-12-5-3-2-4-11(10)12)21-7-6-18-14(19)9-16-15(18)20/h2-5,8H,6-7,9H2,1H3,(H,16,20). The minimum absolute atomic E-state index is 0.108. The van der Waals surface area contributed by atoms with Crippen LogP contribution < -0.4 is 5.32 Å². The molecule has 1 fully saturated rings. The highest BCUT2D eigenvalue weighted by Crippen LogP contribution is 2.23. The van der Waals surface area contributed by atoms with Gasteiger partial charge in [-0.2, -0.15) is 0 Å². The lowest BCUT2D eigenvalue weighted by molar-refractivity contribution is -0.124. The quantitative estimate of drug-likeness (QED) is 0.694. The lowest BCUT2D eigenvalue weighted by Crippen LogP contribution is -2.32. The molecule has 5 nitrogen and oxygen atoms in total. The Balaban J connectivity index is 1.68. The molecule has 1 N–H and O–H groups in total. The van der Waals surface area contributed by atoms with Gasteiger partial charge in [-0.15, -0.1) is 11.8 Å². The number of imide groups is 1. The molecule has 1 aliphatic heterocycles. The van der Waals surface area contributed by atoms with Crippen molar-refractivity contribution in [2.45, 2.75) is 11.9 Å². The van der Waals surface area contributed by atoms with Gasteiger partial charge in [-0.25, -0.2) is 9.78 Å². The number of hydrogen-bond donors (Lipinski definition) is 1. The van der Waals surface area contributed by atoms with Crippen molar-refractivity contribution >= 4 is 34.6 Å². The molecular formula is C15H15N3O2S. The van der Waals surface area contributed by atoms with Gasteiger partial charge in [-0.05, 0) is 24.6 Å². The van der Waals surface area contributed by atoms with Crippen LogP contribution in [0.25, 0.3) is 10.9 Å². The largest absolute Gasteiger partial charge is 0.329 e. The van der Waals surface area contributed by atoms with Crippen molar-refractivity contribution in [3.05, 3.63) is 35.9 Å². The number of urea groups is 1. The van der Waals surface area contributed by atoms with Gasteiger partial charge in [-0.1, -0.05) is 18.2 Å². The second-order valence-electron chi connectivity index (χ2n) is 4.85. The van der Waals surface area contributed by atoms with Crippen LogP contribution in [0.5, 0.6) is 0 Å². The van der Waals surface area contributed by atoms with Gasteiger partial charge in [0.1, 0.15) is 0 Å². The van der Waals surface area contributed by atoms with Gasteiger partial charge >= 0.3 is 6.03 Å². The predicted molar refractivity (Wildman–Crippen MR) is 82.3 cm³/mol. The fourth-order valence-electron chi connectivity index (χ4n) is 2.32. The van der Waals surface area contributed by atoms with Crippen LogP contribution in [0.4, 0.5) is 4.79 Å². The SMILES string of the molecule is Cc1cc(SCCN2C(=O)CNC2=O)nc2ccccc12. The number of carbonyl (C=O) groups excluding carboxylic acids is 2. The molecule has 0 radical (unpaired) electrons. The minimum atomic E-state index is -0.303. The Morgan fingerprint density at radius 2 is 2.14 bits per heavy atom. The zero-order valence-corrected chi connectivity index (χ0v) is 12.4. The molecule has 3 amide bonds. The summed E-state index contributed by atoms with van der Waals surface area (Å²) in [5.74, 6) is 0.479. The summed E-state index contributed by atoms with van der Waals surface area (Å²) in [6.07, 6.45) is 0. The number of para-hydroxylation sites is 1. The average Bonchev–Trinajstić information content (AvgIpc) is 2.79. The van der Waals surface area contributed by atoms with Gasteiger partial charge in [0, 0.05) is 17.7 Å². The summed E-state index contributed by atoms with van der Waals surface area (Å²) in [7, 11) is 0. The van der Waals surface area contributed by atoms with Crippen LogP contribution in [0.3, 0.4) is 0 Å². The summed E-state index contributed by atoms with van der Waals surface area (Å²) in [4.78, 5) is 28.7. The molecule has 1 aliphatic rings. The number of amides is 3. The zero-order chi connectivity index (χ0) is 14.8. The first-order valence-corrected chi connectivity index (χ1v) is 7.71. The molecule has 3 rings (SSSR count). The van der Waals surface area contributed by atoms with Gasteiger partial charge in [0.25, 0.3) is 0 Å². The molecule has 2 heterocycles. The number of aryl methyl sites for hydroxylation is 1.